The first kappa shape index (κ1) is 21.7. The molecule has 0 aliphatic carbocycles. The van der Waals surface area contributed by atoms with Gasteiger partial charge in [0.15, 0.2) is 36.0 Å². The molecule has 0 heterocycles. The maximum Gasteiger partial charge on any atom is 0.273 e. The summed E-state index contributed by atoms with van der Waals surface area (Å²) in [5, 5.41) is 4.79. The standard InChI is InChI=1S/C17H11BrF6N2O2/c1-7(26-28-6-10(19)8-2-4-9(18)5-3-8)17(27)25-16-14(23)12(21)11(20)13(22)15(16)24/h2-5,10H,6H2,1H3,(H,25,27)/b26-7-. The molecule has 2 rings (SSSR count). The number of carbonyl (C=O) groups is 1. The number of alkyl halides is 1. The molecular formula is C17H11BrF6N2O2. The highest BCUT2D eigenvalue weighted by Gasteiger charge is 2.27. The molecule has 2 aromatic carbocycles. The van der Waals surface area contributed by atoms with Gasteiger partial charge in [0.1, 0.15) is 11.4 Å². The molecule has 28 heavy (non-hydrogen) atoms. The van der Waals surface area contributed by atoms with Crippen molar-refractivity contribution in [2.45, 2.75) is 13.1 Å². The number of hydrogen-bond donors (Lipinski definition) is 1. The molecular weight excluding hydrogens is 458 g/mol. The van der Waals surface area contributed by atoms with Crippen molar-refractivity contribution in [1.82, 2.24) is 0 Å². The van der Waals surface area contributed by atoms with Crippen LogP contribution in [0.3, 0.4) is 0 Å². The van der Waals surface area contributed by atoms with E-state index in [4.69, 9.17) is 0 Å². The minimum Gasteiger partial charge on any atom is -0.392 e. The Bertz CT molecular complexity index is 892. The van der Waals surface area contributed by atoms with E-state index in [0.29, 0.717) is 0 Å². The van der Waals surface area contributed by atoms with E-state index in [1.54, 1.807) is 12.1 Å². The predicted molar refractivity (Wildman–Crippen MR) is 91.9 cm³/mol. The van der Waals surface area contributed by atoms with Gasteiger partial charge >= 0.3 is 0 Å². The van der Waals surface area contributed by atoms with Crippen LogP contribution in [0.2, 0.25) is 0 Å². The van der Waals surface area contributed by atoms with E-state index in [-0.39, 0.29) is 5.56 Å². The van der Waals surface area contributed by atoms with Gasteiger partial charge in [0.2, 0.25) is 5.82 Å². The van der Waals surface area contributed by atoms with E-state index >= 15 is 0 Å². The largest absolute Gasteiger partial charge is 0.392 e. The summed E-state index contributed by atoms with van der Waals surface area (Å²) in [5.41, 5.74) is -1.79. The van der Waals surface area contributed by atoms with E-state index in [2.05, 4.69) is 25.9 Å². The molecule has 1 unspecified atom stereocenters. The van der Waals surface area contributed by atoms with Crippen LogP contribution >= 0.6 is 15.9 Å². The third-order valence-electron chi connectivity index (χ3n) is 3.43. The zero-order chi connectivity index (χ0) is 21.0. The van der Waals surface area contributed by atoms with Crippen LogP contribution in [0.15, 0.2) is 33.9 Å². The smallest absolute Gasteiger partial charge is 0.273 e. The van der Waals surface area contributed by atoms with Crippen LogP contribution in [-0.2, 0) is 9.63 Å². The Labute approximate surface area is 163 Å². The molecule has 150 valence electrons. The van der Waals surface area contributed by atoms with Gasteiger partial charge in [0.25, 0.3) is 5.91 Å². The fourth-order valence-electron chi connectivity index (χ4n) is 1.93. The Morgan fingerprint density at radius 2 is 1.54 bits per heavy atom. The molecule has 1 amide bonds. The second-order valence-electron chi connectivity index (χ2n) is 5.39. The highest BCUT2D eigenvalue weighted by Crippen LogP contribution is 2.27. The van der Waals surface area contributed by atoms with Gasteiger partial charge in [-0.15, -0.1) is 0 Å². The molecule has 4 nitrogen and oxygen atoms in total. The van der Waals surface area contributed by atoms with Crippen molar-refractivity contribution in [3.8, 4) is 0 Å². The summed E-state index contributed by atoms with van der Waals surface area (Å²) in [5.74, 6) is -12.5. The van der Waals surface area contributed by atoms with Crippen molar-refractivity contribution < 1.29 is 36.0 Å². The lowest BCUT2D eigenvalue weighted by molar-refractivity contribution is -0.110. The van der Waals surface area contributed by atoms with E-state index in [1.165, 1.54) is 17.4 Å². The first-order chi connectivity index (χ1) is 13.1. The number of rotatable bonds is 6. The Morgan fingerprint density at radius 1 is 1.04 bits per heavy atom. The summed E-state index contributed by atoms with van der Waals surface area (Å²) in [7, 11) is 0. The number of nitrogens with zero attached hydrogens (tertiary/aromatic N) is 1. The molecule has 0 aliphatic rings. The number of benzene rings is 2. The van der Waals surface area contributed by atoms with Gasteiger partial charge in [-0.25, -0.2) is 26.3 Å². The van der Waals surface area contributed by atoms with Crippen LogP contribution in [0.25, 0.3) is 0 Å². The Balaban J connectivity index is 2.04. The number of oxime groups is 1. The molecule has 0 fully saturated rings. The average Bonchev–Trinajstić information content (AvgIpc) is 2.68. The number of hydrogen-bond acceptors (Lipinski definition) is 3. The van der Waals surface area contributed by atoms with Crippen molar-refractivity contribution in [3.63, 3.8) is 0 Å². The van der Waals surface area contributed by atoms with Crippen molar-refractivity contribution >= 4 is 33.2 Å². The quantitative estimate of drug-likeness (QED) is 0.208. The minimum absolute atomic E-state index is 0.280. The maximum absolute atomic E-state index is 14.0. The second kappa shape index (κ2) is 9.09. The number of halogens is 7. The number of amides is 1. The third-order valence-corrected chi connectivity index (χ3v) is 3.96. The summed E-state index contributed by atoms with van der Waals surface area (Å²) in [6, 6.07) is 6.19. The summed E-state index contributed by atoms with van der Waals surface area (Å²) in [6.45, 7) is 0.461. The van der Waals surface area contributed by atoms with Gasteiger partial charge < -0.3 is 10.2 Å². The number of anilines is 1. The molecule has 0 radical (unpaired) electrons. The van der Waals surface area contributed by atoms with Crippen LogP contribution in [0.4, 0.5) is 32.0 Å². The zero-order valence-electron chi connectivity index (χ0n) is 14.0. The van der Waals surface area contributed by atoms with E-state index in [1.807, 2.05) is 0 Å². The molecule has 0 aliphatic heterocycles. The number of carbonyl (C=O) groups excluding carboxylic acids is 1. The van der Waals surface area contributed by atoms with E-state index < -0.39 is 59.2 Å². The Hall–Kier alpha value is -2.56. The summed E-state index contributed by atoms with van der Waals surface area (Å²) < 4.78 is 81.0. The van der Waals surface area contributed by atoms with Crippen molar-refractivity contribution in [3.05, 3.63) is 63.4 Å². The first-order valence-electron chi connectivity index (χ1n) is 7.52. The predicted octanol–water partition coefficient (Wildman–Crippen LogP) is 5.19. The van der Waals surface area contributed by atoms with Gasteiger partial charge in [-0.3, -0.25) is 4.79 Å². The van der Waals surface area contributed by atoms with Gasteiger partial charge in [-0.1, -0.05) is 33.2 Å². The van der Waals surface area contributed by atoms with Crippen molar-refractivity contribution in [1.29, 1.82) is 0 Å². The van der Waals surface area contributed by atoms with Crippen LogP contribution in [0.5, 0.6) is 0 Å². The normalized spacial score (nSPS) is 12.6. The Kier molecular flexibility index (Phi) is 7.05. The molecule has 11 heteroatoms. The highest BCUT2D eigenvalue weighted by atomic mass is 79.9. The monoisotopic (exact) mass is 468 g/mol. The first-order valence-corrected chi connectivity index (χ1v) is 8.31. The minimum atomic E-state index is -2.36. The summed E-state index contributed by atoms with van der Waals surface area (Å²) in [4.78, 5) is 16.5. The van der Waals surface area contributed by atoms with Gasteiger partial charge in [0.05, 0.1) is 0 Å². The van der Waals surface area contributed by atoms with Crippen LogP contribution in [0.1, 0.15) is 18.7 Å². The van der Waals surface area contributed by atoms with Crippen molar-refractivity contribution in [2.75, 3.05) is 11.9 Å². The molecule has 1 atom stereocenters. The van der Waals surface area contributed by atoms with Crippen LogP contribution in [-0.4, -0.2) is 18.2 Å². The SMILES string of the molecule is C/C(=N/OCC(F)c1ccc(Br)cc1)C(=O)Nc1c(F)c(F)c(F)c(F)c1F. The van der Waals surface area contributed by atoms with Gasteiger partial charge in [-0.05, 0) is 24.6 Å². The lowest BCUT2D eigenvalue weighted by Crippen LogP contribution is -2.23. The maximum atomic E-state index is 14.0. The van der Waals surface area contributed by atoms with E-state index in [0.717, 1.165) is 11.4 Å². The highest BCUT2D eigenvalue weighted by molar-refractivity contribution is 9.10. The molecule has 0 saturated carbocycles. The van der Waals surface area contributed by atoms with Gasteiger partial charge in [-0.2, -0.15) is 0 Å². The summed E-state index contributed by atoms with van der Waals surface area (Å²) in [6.07, 6.45) is -1.58. The molecule has 1 N–H and O–H groups in total. The lowest BCUT2D eigenvalue weighted by Gasteiger charge is -2.10. The molecule has 0 aromatic heterocycles. The molecule has 0 spiro atoms. The molecule has 0 bridgehead atoms. The topological polar surface area (TPSA) is 50.7 Å². The zero-order valence-corrected chi connectivity index (χ0v) is 15.6. The van der Waals surface area contributed by atoms with Gasteiger partial charge in [0, 0.05) is 4.47 Å². The summed E-state index contributed by atoms with van der Waals surface area (Å²) >= 11 is 3.19. The van der Waals surface area contributed by atoms with Crippen molar-refractivity contribution in [2.24, 2.45) is 5.16 Å². The van der Waals surface area contributed by atoms with E-state index in [9.17, 15) is 31.1 Å². The molecule has 2 aromatic rings. The second-order valence-corrected chi connectivity index (χ2v) is 6.31. The van der Waals surface area contributed by atoms with Crippen LogP contribution in [0, 0.1) is 29.1 Å². The fourth-order valence-corrected chi connectivity index (χ4v) is 2.19. The van der Waals surface area contributed by atoms with Crippen LogP contribution < -0.4 is 5.32 Å². The Morgan fingerprint density at radius 3 is 2.07 bits per heavy atom. The fraction of sp³-hybridized carbons (Fsp3) is 0.176. The average molecular weight is 469 g/mol. The lowest BCUT2D eigenvalue weighted by atomic mass is 10.1. The molecule has 0 saturated heterocycles. The third kappa shape index (κ3) is 4.83. The number of nitrogens with one attached hydrogen (secondary N) is 1.